The summed E-state index contributed by atoms with van der Waals surface area (Å²) in [5, 5.41) is 0. The van der Waals surface area contributed by atoms with Crippen molar-refractivity contribution in [2.75, 3.05) is 13.6 Å². The van der Waals surface area contributed by atoms with E-state index in [4.69, 9.17) is 11.6 Å². The maximum Gasteiger partial charge on any atom is 0.184 e. The summed E-state index contributed by atoms with van der Waals surface area (Å²) in [5.41, 5.74) is 2.23. The second-order valence-corrected chi connectivity index (χ2v) is 7.31. The quantitative estimate of drug-likeness (QED) is 0.659. The molecule has 2 heterocycles. The molecule has 2 aromatic heterocycles. The average molecular weight is 349 g/mol. The summed E-state index contributed by atoms with van der Waals surface area (Å²) < 4.78 is 3.92. The SMILES string of the molecule is CCC(C(c1ccc2nc(Cl)sc2c1)n1ccnc1)N(C)CC. The van der Waals surface area contributed by atoms with Crippen molar-refractivity contribution in [2.24, 2.45) is 0 Å². The van der Waals surface area contributed by atoms with Gasteiger partial charge in [0.25, 0.3) is 0 Å². The molecule has 0 saturated carbocycles. The van der Waals surface area contributed by atoms with Gasteiger partial charge in [-0.05, 0) is 37.7 Å². The van der Waals surface area contributed by atoms with E-state index in [9.17, 15) is 0 Å². The van der Waals surface area contributed by atoms with Crippen LogP contribution in [-0.2, 0) is 0 Å². The number of benzene rings is 1. The highest BCUT2D eigenvalue weighted by Crippen LogP contribution is 2.32. The number of halogens is 1. The van der Waals surface area contributed by atoms with Crippen LogP contribution in [-0.4, -0.2) is 39.1 Å². The van der Waals surface area contributed by atoms with Crippen molar-refractivity contribution in [2.45, 2.75) is 32.4 Å². The molecule has 122 valence electrons. The fourth-order valence-electron chi connectivity index (χ4n) is 3.13. The highest BCUT2D eigenvalue weighted by Gasteiger charge is 2.26. The Kier molecular flexibility index (Phi) is 4.99. The van der Waals surface area contributed by atoms with Gasteiger partial charge < -0.3 is 9.47 Å². The van der Waals surface area contributed by atoms with Gasteiger partial charge in [0.15, 0.2) is 4.47 Å². The lowest BCUT2D eigenvalue weighted by atomic mass is 9.95. The molecule has 0 aliphatic rings. The zero-order chi connectivity index (χ0) is 16.4. The number of likely N-dealkylation sites (N-methyl/N-ethyl adjacent to an activating group) is 1. The van der Waals surface area contributed by atoms with Crippen LogP contribution in [0.5, 0.6) is 0 Å². The predicted octanol–water partition coefficient (Wildman–Crippen LogP) is 4.47. The summed E-state index contributed by atoms with van der Waals surface area (Å²) >= 11 is 7.59. The Labute approximate surface area is 145 Å². The molecule has 6 heteroatoms. The number of hydrogen-bond donors (Lipinski definition) is 0. The standard InChI is InChI=1S/C17H21ClN4S/c1-4-14(21(3)5-2)16(22-9-8-19-11-22)12-6-7-13-15(10-12)23-17(18)20-13/h6-11,14,16H,4-5H2,1-3H3. The minimum atomic E-state index is 0.220. The van der Waals surface area contributed by atoms with Crippen molar-refractivity contribution >= 4 is 33.2 Å². The van der Waals surface area contributed by atoms with E-state index in [0.717, 1.165) is 23.2 Å². The van der Waals surface area contributed by atoms with Crippen LogP contribution in [0.4, 0.5) is 0 Å². The van der Waals surface area contributed by atoms with Crippen LogP contribution in [0.3, 0.4) is 0 Å². The van der Waals surface area contributed by atoms with Gasteiger partial charge in [-0.2, -0.15) is 0 Å². The van der Waals surface area contributed by atoms with Crippen molar-refractivity contribution < 1.29 is 0 Å². The Balaban J connectivity index is 2.09. The molecule has 2 atom stereocenters. The third-order valence-corrected chi connectivity index (χ3v) is 5.54. The molecule has 0 radical (unpaired) electrons. The van der Waals surface area contributed by atoms with E-state index < -0.39 is 0 Å². The number of aromatic nitrogens is 3. The van der Waals surface area contributed by atoms with Crippen molar-refractivity contribution in [3.05, 3.63) is 47.0 Å². The molecule has 0 amide bonds. The summed E-state index contributed by atoms with van der Waals surface area (Å²) in [6.07, 6.45) is 6.85. The lowest BCUT2D eigenvalue weighted by Gasteiger charge is -2.34. The number of fused-ring (bicyclic) bond motifs is 1. The second-order valence-electron chi connectivity index (χ2n) is 5.70. The zero-order valence-corrected chi connectivity index (χ0v) is 15.2. The molecule has 0 spiro atoms. The Hall–Kier alpha value is -1.43. The van der Waals surface area contributed by atoms with E-state index in [1.807, 2.05) is 18.7 Å². The van der Waals surface area contributed by atoms with Crippen LogP contribution in [0.1, 0.15) is 31.9 Å². The number of thiazole rings is 1. The summed E-state index contributed by atoms with van der Waals surface area (Å²) in [7, 11) is 2.18. The number of rotatable bonds is 6. The number of hydrogen-bond acceptors (Lipinski definition) is 4. The van der Waals surface area contributed by atoms with E-state index in [0.29, 0.717) is 10.5 Å². The molecule has 0 fully saturated rings. The molecule has 0 aliphatic carbocycles. The normalized spacial score (nSPS) is 14.5. The number of nitrogens with zero attached hydrogens (tertiary/aromatic N) is 4. The first-order valence-corrected chi connectivity index (χ1v) is 9.07. The highest BCUT2D eigenvalue weighted by atomic mass is 35.5. The van der Waals surface area contributed by atoms with Crippen molar-refractivity contribution in [1.82, 2.24) is 19.4 Å². The van der Waals surface area contributed by atoms with E-state index in [2.05, 4.69) is 58.5 Å². The Morgan fingerprint density at radius 2 is 2.17 bits per heavy atom. The van der Waals surface area contributed by atoms with Gasteiger partial charge in [-0.1, -0.05) is 31.5 Å². The fraction of sp³-hybridized carbons (Fsp3) is 0.412. The van der Waals surface area contributed by atoms with Crippen LogP contribution >= 0.6 is 22.9 Å². The van der Waals surface area contributed by atoms with Gasteiger partial charge in [-0.25, -0.2) is 9.97 Å². The van der Waals surface area contributed by atoms with E-state index in [1.165, 1.54) is 16.9 Å². The monoisotopic (exact) mass is 348 g/mol. The topological polar surface area (TPSA) is 34.0 Å². The molecule has 23 heavy (non-hydrogen) atoms. The van der Waals surface area contributed by atoms with Crippen LogP contribution < -0.4 is 0 Å². The molecule has 0 bridgehead atoms. The van der Waals surface area contributed by atoms with E-state index >= 15 is 0 Å². The molecular formula is C17H21ClN4S. The van der Waals surface area contributed by atoms with Gasteiger partial charge in [-0.15, -0.1) is 11.3 Å². The van der Waals surface area contributed by atoms with Crippen molar-refractivity contribution in [3.8, 4) is 0 Å². The Bertz CT molecular complexity index is 768. The first-order valence-electron chi connectivity index (χ1n) is 7.87. The van der Waals surface area contributed by atoms with Crippen molar-refractivity contribution in [3.63, 3.8) is 0 Å². The van der Waals surface area contributed by atoms with Crippen LogP contribution in [0.2, 0.25) is 4.47 Å². The third-order valence-electron chi connectivity index (χ3n) is 4.42. The third kappa shape index (κ3) is 3.27. The molecule has 0 saturated heterocycles. The predicted molar refractivity (Wildman–Crippen MR) is 97.4 cm³/mol. The largest absolute Gasteiger partial charge is 0.328 e. The second kappa shape index (κ2) is 6.99. The van der Waals surface area contributed by atoms with E-state index in [-0.39, 0.29) is 6.04 Å². The molecule has 1 aromatic carbocycles. The molecule has 4 nitrogen and oxygen atoms in total. The summed E-state index contributed by atoms with van der Waals surface area (Å²) in [4.78, 5) is 11.0. The van der Waals surface area contributed by atoms with Crippen LogP contribution in [0.25, 0.3) is 10.2 Å². The van der Waals surface area contributed by atoms with Gasteiger partial charge in [0.2, 0.25) is 0 Å². The number of imidazole rings is 1. The maximum atomic E-state index is 6.06. The first kappa shape index (κ1) is 16.4. The van der Waals surface area contributed by atoms with Crippen LogP contribution in [0, 0.1) is 0 Å². The first-order chi connectivity index (χ1) is 11.1. The molecular weight excluding hydrogens is 328 g/mol. The fourth-order valence-corrected chi connectivity index (χ4v) is 4.21. The molecule has 0 N–H and O–H groups in total. The lowest BCUT2D eigenvalue weighted by Crippen LogP contribution is -2.39. The van der Waals surface area contributed by atoms with Crippen LogP contribution in [0.15, 0.2) is 36.9 Å². The summed E-state index contributed by atoms with van der Waals surface area (Å²) in [6, 6.07) is 7.06. The minimum absolute atomic E-state index is 0.220. The summed E-state index contributed by atoms with van der Waals surface area (Å²) in [6.45, 7) is 5.45. The van der Waals surface area contributed by atoms with Gasteiger partial charge in [0, 0.05) is 18.4 Å². The van der Waals surface area contributed by atoms with E-state index in [1.54, 1.807) is 0 Å². The van der Waals surface area contributed by atoms with Gasteiger partial charge in [0.05, 0.1) is 22.6 Å². The van der Waals surface area contributed by atoms with Gasteiger partial charge in [0.1, 0.15) is 0 Å². The zero-order valence-electron chi connectivity index (χ0n) is 13.6. The molecule has 2 unspecified atom stereocenters. The Morgan fingerprint density at radius 3 is 2.83 bits per heavy atom. The molecule has 3 aromatic rings. The van der Waals surface area contributed by atoms with Gasteiger partial charge in [-0.3, -0.25) is 0 Å². The highest BCUT2D eigenvalue weighted by molar-refractivity contribution is 7.22. The average Bonchev–Trinajstić information content (AvgIpc) is 3.19. The molecule has 3 rings (SSSR count). The summed E-state index contributed by atoms with van der Waals surface area (Å²) in [5.74, 6) is 0. The maximum absolute atomic E-state index is 6.06. The smallest absolute Gasteiger partial charge is 0.184 e. The molecule has 0 aliphatic heterocycles. The van der Waals surface area contributed by atoms with Gasteiger partial charge >= 0.3 is 0 Å². The Morgan fingerprint density at radius 1 is 1.35 bits per heavy atom. The lowest BCUT2D eigenvalue weighted by molar-refractivity contribution is 0.198. The van der Waals surface area contributed by atoms with Crippen molar-refractivity contribution in [1.29, 1.82) is 0 Å². The minimum Gasteiger partial charge on any atom is -0.328 e.